The molecule has 1 N–H and O–H groups in total. The molecule has 0 atom stereocenters. The number of halogens is 1. The Balaban J connectivity index is 2.27. The summed E-state index contributed by atoms with van der Waals surface area (Å²) in [5.41, 5.74) is 1.99. The second-order valence-electron chi connectivity index (χ2n) is 4.46. The van der Waals surface area contributed by atoms with Gasteiger partial charge in [0.2, 0.25) is 0 Å². The number of rotatable bonds is 3. The van der Waals surface area contributed by atoms with E-state index in [1.54, 1.807) is 42.5 Å². The fourth-order valence-electron chi connectivity index (χ4n) is 1.86. The molecule has 0 aliphatic heterocycles. The average molecular weight is 304 g/mol. The largest absolute Gasteiger partial charge is 0.465 e. The Kier molecular flexibility index (Phi) is 4.60. The monoisotopic (exact) mass is 303 g/mol. The first-order valence-corrected chi connectivity index (χ1v) is 6.65. The molecule has 0 spiro atoms. The van der Waals surface area contributed by atoms with Crippen LogP contribution in [-0.2, 0) is 4.74 Å². The van der Waals surface area contributed by atoms with Crippen LogP contribution in [0.15, 0.2) is 42.5 Å². The van der Waals surface area contributed by atoms with Gasteiger partial charge < -0.3 is 10.1 Å². The molecule has 0 aromatic heterocycles. The maximum Gasteiger partial charge on any atom is 0.339 e. The first-order valence-electron chi connectivity index (χ1n) is 6.27. The molecule has 0 fully saturated rings. The molecular formula is C16H14ClNO3. The molecule has 0 heterocycles. The van der Waals surface area contributed by atoms with Gasteiger partial charge in [0.25, 0.3) is 5.91 Å². The number of esters is 1. The Morgan fingerprint density at radius 3 is 2.52 bits per heavy atom. The van der Waals surface area contributed by atoms with Gasteiger partial charge in [-0.3, -0.25) is 4.79 Å². The van der Waals surface area contributed by atoms with E-state index in [0.717, 1.165) is 5.56 Å². The van der Waals surface area contributed by atoms with Crippen molar-refractivity contribution >= 4 is 29.2 Å². The van der Waals surface area contributed by atoms with E-state index in [1.807, 2.05) is 6.92 Å². The molecule has 2 aromatic rings. The van der Waals surface area contributed by atoms with Gasteiger partial charge in [-0.15, -0.1) is 0 Å². The Morgan fingerprint density at radius 2 is 1.86 bits per heavy atom. The Morgan fingerprint density at radius 1 is 1.14 bits per heavy atom. The smallest absolute Gasteiger partial charge is 0.339 e. The summed E-state index contributed by atoms with van der Waals surface area (Å²) in [4.78, 5) is 23.9. The van der Waals surface area contributed by atoms with E-state index >= 15 is 0 Å². The molecule has 4 nitrogen and oxygen atoms in total. The third-order valence-electron chi connectivity index (χ3n) is 3.00. The normalized spacial score (nSPS) is 10.0. The van der Waals surface area contributed by atoms with E-state index in [-0.39, 0.29) is 5.91 Å². The number of hydrogen-bond donors (Lipinski definition) is 1. The first kappa shape index (κ1) is 15.1. The zero-order valence-electron chi connectivity index (χ0n) is 11.6. The summed E-state index contributed by atoms with van der Waals surface area (Å²) < 4.78 is 4.69. The van der Waals surface area contributed by atoms with Crippen molar-refractivity contribution in [3.05, 3.63) is 64.2 Å². The Hall–Kier alpha value is -2.33. The van der Waals surface area contributed by atoms with Crippen molar-refractivity contribution in [2.45, 2.75) is 6.92 Å². The zero-order valence-corrected chi connectivity index (χ0v) is 12.4. The van der Waals surface area contributed by atoms with E-state index < -0.39 is 5.97 Å². The number of amides is 1. The summed E-state index contributed by atoms with van der Waals surface area (Å²) in [5, 5.41) is 3.30. The summed E-state index contributed by atoms with van der Waals surface area (Å²) >= 11 is 5.94. The molecule has 0 bridgehead atoms. The Bertz CT molecular complexity index is 698. The molecule has 2 rings (SSSR count). The number of nitrogens with one attached hydrogen (secondary N) is 1. The van der Waals surface area contributed by atoms with Crippen LogP contribution < -0.4 is 5.32 Å². The van der Waals surface area contributed by atoms with Crippen LogP contribution in [0, 0.1) is 6.92 Å². The number of benzene rings is 2. The van der Waals surface area contributed by atoms with Crippen LogP contribution in [0.4, 0.5) is 5.69 Å². The summed E-state index contributed by atoms with van der Waals surface area (Å²) in [6.45, 7) is 1.82. The number of carbonyl (C=O) groups is 2. The highest BCUT2D eigenvalue weighted by molar-refractivity contribution is 6.31. The fourth-order valence-corrected chi connectivity index (χ4v) is 1.98. The van der Waals surface area contributed by atoms with Gasteiger partial charge in [0.15, 0.2) is 0 Å². The van der Waals surface area contributed by atoms with Gasteiger partial charge in [-0.05, 0) is 42.8 Å². The van der Waals surface area contributed by atoms with E-state index in [9.17, 15) is 9.59 Å². The van der Waals surface area contributed by atoms with Crippen molar-refractivity contribution in [2.24, 2.45) is 0 Å². The lowest BCUT2D eigenvalue weighted by Crippen LogP contribution is -2.15. The highest BCUT2D eigenvalue weighted by Crippen LogP contribution is 2.20. The minimum Gasteiger partial charge on any atom is -0.465 e. The van der Waals surface area contributed by atoms with Crippen LogP contribution in [-0.4, -0.2) is 19.0 Å². The third kappa shape index (κ3) is 3.41. The van der Waals surface area contributed by atoms with Crippen LogP contribution in [0.2, 0.25) is 5.02 Å². The first-order chi connectivity index (χ1) is 10.0. The highest BCUT2D eigenvalue weighted by Gasteiger charge is 2.14. The molecule has 0 unspecified atom stereocenters. The highest BCUT2D eigenvalue weighted by atomic mass is 35.5. The van der Waals surface area contributed by atoms with Crippen LogP contribution in [0.3, 0.4) is 0 Å². The minimum absolute atomic E-state index is 0.305. The Labute approximate surface area is 127 Å². The summed E-state index contributed by atoms with van der Waals surface area (Å²) in [5.74, 6) is -0.815. The van der Waals surface area contributed by atoms with Crippen LogP contribution in [0.25, 0.3) is 0 Å². The quantitative estimate of drug-likeness (QED) is 0.880. The van der Waals surface area contributed by atoms with Crippen molar-refractivity contribution in [1.29, 1.82) is 0 Å². The second kappa shape index (κ2) is 6.41. The van der Waals surface area contributed by atoms with Gasteiger partial charge in [0, 0.05) is 10.6 Å². The van der Waals surface area contributed by atoms with Crippen molar-refractivity contribution in [3.8, 4) is 0 Å². The average Bonchev–Trinajstić information content (AvgIpc) is 2.49. The van der Waals surface area contributed by atoms with Crippen molar-refractivity contribution in [2.75, 3.05) is 12.4 Å². The summed E-state index contributed by atoms with van der Waals surface area (Å²) in [7, 11) is 1.30. The molecule has 2 aromatic carbocycles. The number of anilines is 1. The number of carbonyl (C=O) groups excluding carboxylic acids is 2. The molecule has 21 heavy (non-hydrogen) atoms. The lowest BCUT2D eigenvalue weighted by molar-refractivity contribution is 0.0602. The maximum atomic E-state index is 12.2. The summed E-state index contributed by atoms with van der Waals surface area (Å²) in [6.07, 6.45) is 0. The van der Waals surface area contributed by atoms with Crippen LogP contribution in [0.5, 0.6) is 0 Å². The van der Waals surface area contributed by atoms with Crippen molar-refractivity contribution in [3.63, 3.8) is 0 Å². The van der Waals surface area contributed by atoms with Gasteiger partial charge in [-0.25, -0.2) is 4.79 Å². The number of hydrogen-bond acceptors (Lipinski definition) is 3. The van der Waals surface area contributed by atoms with Crippen LogP contribution in [0.1, 0.15) is 26.3 Å². The number of ether oxygens (including phenoxy) is 1. The van der Waals surface area contributed by atoms with Gasteiger partial charge in [-0.1, -0.05) is 23.7 Å². The topological polar surface area (TPSA) is 55.4 Å². The van der Waals surface area contributed by atoms with E-state index in [0.29, 0.717) is 21.8 Å². The molecular weight excluding hydrogens is 290 g/mol. The van der Waals surface area contributed by atoms with Crippen molar-refractivity contribution < 1.29 is 14.3 Å². The number of methoxy groups -OCH3 is 1. The zero-order chi connectivity index (χ0) is 15.4. The molecule has 0 aliphatic rings. The maximum absolute atomic E-state index is 12.2. The van der Waals surface area contributed by atoms with Gasteiger partial charge in [0.05, 0.1) is 18.4 Å². The van der Waals surface area contributed by atoms with Crippen molar-refractivity contribution in [1.82, 2.24) is 0 Å². The molecule has 0 saturated heterocycles. The lowest BCUT2D eigenvalue weighted by Gasteiger charge is -2.10. The van der Waals surface area contributed by atoms with E-state index in [1.165, 1.54) is 7.11 Å². The number of para-hydroxylation sites is 1. The minimum atomic E-state index is -0.502. The van der Waals surface area contributed by atoms with Crippen LogP contribution >= 0.6 is 11.6 Å². The van der Waals surface area contributed by atoms with Gasteiger partial charge in [0.1, 0.15) is 0 Å². The third-order valence-corrected chi connectivity index (χ3v) is 3.42. The van der Waals surface area contributed by atoms with Gasteiger partial charge in [-0.2, -0.15) is 0 Å². The SMILES string of the molecule is COC(=O)c1ccccc1NC(=O)c1ccc(Cl)c(C)c1. The number of aryl methyl sites for hydroxylation is 1. The molecule has 1 amide bonds. The van der Waals surface area contributed by atoms with E-state index in [4.69, 9.17) is 16.3 Å². The fraction of sp³-hybridized carbons (Fsp3) is 0.125. The standard InChI is InChI=1S/C16H14ClNO3/c1-10-9-11(7-8-13(10)17)15(19)18-14-6-4-3-5-12(14)16(20)21-2/h3-9H,1-2H3,(H,18,19). The molecule has 108 valence electrons. The summed E-state index contributed by atoms with van der Waals surface area (Å²) in [6, 6.07) is 11.7. The second-order valence-corrected chi connectivity index (χ2v) is 4.86. The molecule has 0 aliphatic carbocycles. The van der Waals surface area contributed by atoms with E-state index in [2.05, 4.69) is 5.32 Å². The predicted octanol–water partition coefficient (Wildman–Crippen LogP) is 3.69. The molecule has 5 heteroatoms. The van der Waals surface area contributed by atoms with Gasteiger partial charge >= 0.3 is 5.97 Å². The predicted molar refractivity (Wildman–Crippen MR) is 81.9 cm³/mol. The lowest BCUT2D eigenvalue weighted by atomic mass is 10.1. The molecule has 0 saturated carbocycles. The molecule has 0 radical (unpaired) electrons.